The van der Waals surface area contributed by atoms with E-state index in [1.807, 2.05) is 0 Å². The maximum Gasteiger partial charge on any atom is 0.433 e. The summed E-state index contributed by atoms with van der Waals surface area (Å²) in [6, 6.07) is 0. The van der Waals surface area contributed by atoms with Crippen molar-refractivity contribution in [2.75, 3.05) is 0 Å². The van der Waals surface area contributed by atoms with Crippen LogP contribution in [0.25, 0.3) is 0 Å². The van der Waals surface area contributed by atoms with E-state index in [0.29, 0.717) is 6.33 Å². The maximum absolute atomic E-state index is 12.4. The number of halogens is 3. The highest BCUT2D eigenvalue weighted by Crippen LogP contribution is 2.33. The van der Waals surface area contributed by atoms with Gasteiger partial charge in [-0.1, -0.05) is 0 Å². The van der Waals surface area contributed by atoms with Crippen molar-refractivity contribution in [2.45, 2.75) is 19.2 Å². The SMILES string of the molecule is CC(O)c1c(C=O)ncnc1C(F)(F)F. The molecule has 0 fully saturated rings. The Morgan fingerprint density at radius 1 is 1.47 bits per heavy atom. The second-order valence-electron chi connectivity index (χ2n) is 2.81. The van der Waals surface area contributed by atoms with E-state index in [-0.39, 0.29) is 6.29 Å². The van der Waals surface area contributed by atoms with Crippen LogP contribution in [-0.2, 0) is 6.18 Å². The molecule has 7 heteroatoms. The second-order valence-corrected chi connectivity index (χ2v) is 2.81. The quantitative estimate of drug-likeness (QED) is 0.764. The van der Waals surface area contributed by atoms with Crippen LogP contribution in [0.3, 0.4) is 0 Å². The van der Waals surface area contributed by atoms with E-state index in [4.69, 9.17) is 5.11 Å². The van der Waals surface area contributed by atoms with Gasteiger partial charge in [0, 0.05) is 5.56 Å². The standard InChI is InChI=1S/C8H7F3N2O2/c1-4(15)6-5(2-14)12-3-13-7(6)8(9,10)11/h2-4,15H,1H3. The van der Waals surface area contributed by atoms with E-state index in [9.17, 15) is 18.0 Å². The minimum absolute atomic E-state index is 0.152. The maximum atomic E-state index is 12.4. The van der Waals surface area contributed by atoms with Crippen LogP contribution in [0.1, 0.15) is 34.8 Å². The summed E-state index contributed by atoms with van der Waals surface area (Å²) < 4.78 is 37.2. The van der Waals surface area contributed by atoms with Gasteiger partial charge in [-0.25, -0.2) is 9.97 Å². The van der Waals surface area contributed by atoms with E-state index in [1.54, 1.807) is 0 Å². The lowest BCUT2D eigenvalue weighted by atomic mass is 10.1. The molecular weight excluding hydrogens is 213 g/mol. The van der Waals surface area contributed by atoms with Crippen LogP contribution in [0.15, 0.2) is 6.33 Å². The third-order valence-electron chi connectivity index (χ3n) is 1.71. The third-order valence-corrected chi connectivity index (χ3v) is 1.71. The molecular formula is C8H7F3N2O2. The Labute approximate surface area is 82.8 Å². The van der Waals surface area contributed by atoms with Gasteiger partial charge in [-0.05, 0) is 6.92 Å². The molecule has 1 atom stereocenters. The predicted octanol–water partition coefficient (Wildman–Crippen LogP) is 1.36. The lowest BCUT2D eigenvalue weighted by Crippen LogP contribution is -2.16. The normalized spacial score (nSPS) is 13.7. The van der Waals surface area contributed by atoms with Gasteiger partial charge < -0.3 is 5.11 Å². The van der Waals surface area contributed by atoms with Gasteiger partial charge in [-0.3, -0.25) is 4.79 Å². The number of hydrogen-bond donors (Lipinski definition) is 1. The van der Waals surface area contributed by atoms with Crippen molar-refractivity contribution in [3.63, 3.8) is 0 Å². The molecule has 0 bridgehead atoms. The number of hydrogen-bond acceptors (Lipinski definition) is 4. The molecule has 15 heavy (non-hydrogen) atoms. The lowest BCUT2D eigenvalue weighted by molar-refractivity contribution is -0.142. The Balaban J connectivity index is 3.45. The van der Waals surface area contributed by atoms with Crippen molar-refractivity contribution in [1.82, 2.24) is 9.97 Å². The Morgan fingerprint density at radius 2 is 2.07 bits per heavy atom. The molecule has 1 aromatic rings. The van der Waals surface area contributed by atoms with Crippen LogP contribution < -0.4 is 0 Å². The van der Waals surface area contributed by atoms with Gasteiger partial charge in [0.05, 0.1) is 6.10 Å². The highest BCUT2D eigenvalue weighted by Gasteiger charge is 2.37. The minimum atomic E-state index is -4.72. The highest BCUT2D eigenvalue weighted by atomic mass is 19.4. The van der Waals surface area contributed by atoms with Crippen LogP contribution in [0.4, 0.5) is 13.2 Å². The summed E-state index contributed by atoms with van der Waals surface area (Å²) in [7, 11) is 0. The molecule has 1 rings (SSSR count). The van der Waals surface area contributed by atoms with Crippen molar-refractivity contribution in [1.29, 1.82) is 0 Å². The van der Waals surface area contributed by atoms with E-state index >= 15 is 0 Å². The Kier molecular flexibility index (Phi) is 3.04. The minimum Gasteiger partial charge on any atom is -0.389 e. The number of aliphatic hydroxyl groups excluding tert-OH is 1. The first-order valence-corrected chi connectivity index (χ1v) is 3.93. The van der Waals surface area contributed by atoms with Crippen LogP contribution in [0, 0.1) is 0 Å². The predicted molar refractivity (Wildman–Crippen MR) is 43.1 cm³/mol. The molecule has 1 N–H and O–H groups in total. The van der Waals surface area contributed by atoms with Crippen LogP contribution in [0.2, 0.25) is 0 Å². The summed E-state index contributed by atoms with van der Waals surface area (Å²) in [6.45, 7) is 1.11. The number of carbonyl (C=O) groups excluding carboxylic acids is 1. The molecule has 82 valence electrons. The fraction of sp³-hybridized carbons (Fsp3) is 0.375. The van der Waals surface area contributed by atoms with Crippen molar-refractivity contribution < 1.29 is 23.1 Å². The monoisotopic (exact) mass is 220 g/mol. The topological polar surface area (TPSA) is 63.1 Å². The van der Waals surface area contributed by atoms with Crippen molar-refractivity contribution >= 4 is 6.29 Å². The molecule has 0 saturated carbocycles. The van der Waals surface area contributed by atoms with Gasteiger partial charge >= 0.3 is 6.18 Å². The number of alkyl halides is 3. The zero-order chi connectivity index (χ0) is 11.6. The van der Waals surface area contributed by atoms with Gasteiger partial charge in [-0.2, -0.15) is 13.2 Å². The lowest BCUT2D eigenvalue weighted by Gasteiger charge is -2.14. The third kappa shape index (κ3) is 2.30. The fourth-order valence-electron chi connectivity index (χ4n) is 1.14. The zero-order valence-electron chi connectivity index (χ0n) is 7.62. The molecule has 0 aliphatic carbocycles. The van der Waals surface area contributed by atoms with Gasteiger partial charge in [0.25, 0.3) is 0 Å². The first kappa shape index (κ1) is 11.6. The first-order valence-electron chi connectivity index (χ1n) is 3.93. The van der Waals surface area contributed by atoms with E-state index in [2.05, 4.69) is 9.97 Å². The number of nitrogens with zero attached hydrogens (tertiary/aromatic N) is 2. The molecule has 0 saturated heterocycles. The summed E-state index contributed by atoms with van der Waals surface area (Å²) in [4.78, 5) is 16.8. The average Bonchev–Trinajstić information content (AvgIpc) is 2.15. The smallest absolute Gasteiger partial charge is 0.389 e. The summed E-state index contributed by atoms with van der Waals surface area (Å²) in [5, 5.41) is 9.14. The largest absolute Gasteiger partial charge is 0.433 e. The molecule has 4 nitrogen and oxygen atoms in total. The van der Waals surface area contributed by atoms with Crippen LogP contribution >= 0.6 is 0 Å². The second kappa shape index (κ2) is 3.93. The van der Waals surface area contributed by atoms with E-state index in [0.717, 1.165) is 6.92 Å². The summed E-state index contributed by atoms with van der Waals surface area (Å²) >= 11 is 0. The summed E-state index contributed by atoms with van der Waals surface area (Å²) in [6.07, 6.45) is -5.38. The summed E-state index contributed by atoms with van der Waals surface area (Å²) in [5.74, 6) is 0. The van der Waals surface area contributed by atoms with Crippen LogP contribution in [0.5, 0.6) is 0 Å². The van der Waals surface area contributed by atoms with E-state index in [1.165, 1.54) is 0 Å². The molecule has 0 amide bonds. The first-order chi connectivity index (χ1) is 6.88. The number of rotatable bonds is 2. The number of aromatic nitrogens is 2. The highest BCUT2D eigenvalue weighted by molar-refractivity contribution is 5.74. The molecule has 0 radical (unpaired) electrons. The van der Waals surface area contributed by atoms with Gasteiger partial charge in [-0.15, -0.1) is 0 Å². The molecule has 0 aliphatic rings. The average molecular weight is 220 g/mol. The Hall–Kier alpha value is -1.50. The van der Waals surface area contributed by atoms with Crippen molar-refractivity contribution in [3.05, 3.63) is 23.3 Å². The molecule has 1 aromatic heterocycles. The van der Waals surface area contributed by atoms with Crippen LogP contribution in [-0.4, -0.2) is 21.4 Å². The van der Waals surface area contributed by atoms with Crippen molar-refractivity contribution in [2.24, 2.45) is 0 Å². The fourth-order valence-corrected chi connectivity index (χ4v) is 1.14. The number of carbonyl (C=O) groups is 1. The van der Waals surface area contributed by atoms with Gasteiger partial charge in [0.15, 0.2) is 12.0 Å². The number of aldehydes is 1. The Bertz CT molecular complexity index is 377. The Morgan fingerprint density at radius 3 is 2.47 bits per heavy atom. The number of aliphatic hydroxyl groups is 1. The molecule has 1 unspecified atom stereocenters. The van der Waals surface area contributed by atoms with Crippen molar-refractivity contribution in [3.8, 4) is 0 Å². The van der Waals surface area contributed by atoms with Gasteiger partial charge in [0.2, 0.25) is 0 Å². The van der Waals surface area contributed by atoms with Gasteiger partial charge in [0.1, 0.15) is 12.0 Å². The zero-order valence-corrected chi connectivity index (χ0v) is 7.62. The van der Waals surface area contributed by atoms with E-state index < -0.39 is 29.2 Å². The molecule has 0 spiro atoms. The molecule has 0 aromatic carbocycles. The molecule has 1 heterocycles. The summed E-state index contributed by atoms with van der Waals surface area (Å²) in [5.41, 5.74) is -2.33. The molecule has 0 aliphatic heterocycles.